The van der Waals surface area contributed by atoms with E-state index in [1.807, 2.05) is 0 Å². The third-order valence-electron chi connectivity index (χ3n) is 3.36. The number of esters is 1. The Kier molecular flexibility index (Phi) is 13.4. The number of hydrogen-bond acceptors (Lipinski definition) is 4. The predicted octanol–water partition coefficient (Wildman–Crippen LogP) is 3.33. The molecule has 19 heavy (non-hydrogen) atoms. The number of rotatable bonds is 13. The van der Waals surface area contributed by atoms with E-state index in [9.17, 15) is 4.79 Å². The Hall–Kier alpha value is -0.610. The van der Waals surface area contributed by atoms with Crippen molar-refractivity contribution in [3.63, 3.8) is 0 Å². The average Bonchev–Trinajstić information content (AvgIpc) is 2.44. The van der Waals surface area contributed by atoms with Gasteiger partial charge in [0.2, 0.25) is 0 Å². The van der Waals surface area contributed by atoms with Crippen LogP contribution in [0.2, 0.25) is 0 Å². The highest BCUT2D eigenvalue weighted by Gasteiger charge is 2.06. The summed E-state index contributed by atoms with van der Waals surface area (Å²) < 4.78 is 15.1. The summed E-state index contributed by atoms with van der Waals surface area (Å²) in [5.74, 6) is -0.0962. The van der Waals surface area contributed by atoms with Crippen LogP contribution in [-0.2, 0) is 19.0 Å². The fourth-order valence-corrected chi connectivity index (χ4v) is 2.08. The highest BCUT2D eigenvalue weighted by Crippen LogP contribution is 2.12. The van der Waals surface area contributed by atoms with Crippen LogP contribution in [0.3, 0.4) is 0 Å². The summed E-state index contributed by atoms with van der Waals surface area (Å²) in [7, 11) is 4.94. The van der Waals surface area contributed by atoms with Gasteiger partial charge in [-0.1, -0.05) is 32.1 Å². The van der Waals surface area contributed by atoms with E-state index in [0.29, 0.717) is 12.5 Å². The second-order valence-corrected chi connectivity index (χ2v) is 4.88. The minimum absolute atomic E-state index is 0.0962. The van der Waals surface area contributed by atoms with Gasteiger partial charge in [-0.2, -0.15) is 0 Å². The lowest BCUT2D eigenvalue weighted by Gasteiger charge is -2.14. The SMILES string of the molecule is COCCC(CCCCCCCCC(=O)OC)OC. The van der Waals surface area contributed by atoms with E-state index < -0.39 is 0 Å². The molecule has 0 fully saturated rings. The van der Waals surface area contributed by atoms with E-state index in [1.54, 1.807) is 14.2 Å². The fourth-order valence-electron chi connectivity index (χ4n) is 2.08. The van der Waals surface area contributed by atoms with Gasteiger partial charge < -0.3 is 14.2 Å². The van der Waals surface area contributed by atoms with Crippen molar-refractivity contribution in [2.45, 2.75) is 63.9 Å². The van der Waals surface area contributed by atoms with Gasteiger partial charge in [-0.25, -0.2) is 0 Å². The molecule has 0 saturated heterocycles. The van der Waals surface area contributed by atoms with E-state index in [2.05, 4.69) is 4.74 Å². The monoisotopic (exact) mass is 274 g/mol. The molecule has 0 aliphatic rings. The highest BCUT2D eigenvalue weighted by atomic mass is 16.5. The molecule has 1 atom stereocenters. The first kappa shape index (κ1) is 18.4. The first-order chi connectivity index (χ1) is 9.24. The maximum absolute atomic E-state index is 10.9. The largest absolute Gasteiger partial charge is 0.469 e. The molecule has 0 aromatic carbocycles. The van der Waals surface area contributed by atoms with Gasteiger partial charge >= 0.3 is 5.97 Å². The van der Waals surface area contributed by atoms with Crippen LogP contribution in [-0.4, -0.2) is 40.0 Å². The smallest absolute Gasteiger partial charge is 0.305 e. The zero-order valence-corrected chi connectivity index (χ0v) is 12.8. The molecule has 0 amide bonds. The van der Waals surface area contributed by atoms with Crippen molar-refractivity contribution < 1.29 is 19.0 Å². The van der Waals surface area contributed by atoms with Crippen molar-refractivity contribution in [3.8, 4) is 0 Å². The van der Waals surface area contributed by atoms with Crippen LogP contribution in [0.15, 0.2) is 0 Å². The number of ether oxygens (including phenoxy) is 3. The van der Waals surface area contributed by atoms with Crippen LogP contribution >= 0.6 is 0 Å². The number of carbonyl (C=O) groups is 1. The average molecular weight is 274 g/mol. The fraction of sp³-hybridized carbons (Fsp3) is 0.933. The van der Waals surface area contributed by atoms with Gasteiger partial charge in [0.05, 0.1) is 13.2 Å². The molecule has 0 aliphatic heterocycles. The number of unbranched alkanes of at least 4 members (excludes halogenated alkanes) is 5. The van der Waals surface area contributed by atoms with Gasteiger partial charge in [0.15, 0.2) is 0 Å². The lowest BCUT2D eigenvalue weighted by atomic mass is 10.0. The molecule has 0 bridgehead atoms. The third-order valence-corrected chi connectivity index (χ3v) is 3.36. The first-order valence-electron chi connectivity index (χ1n) is 7.33. The van der Waals surface area contributed by atoms with Gasteiger partial charge in [-0.05, 0) is 19.3 Å². The van der Waals surface area contributed by atoms with Crippen LogP contribution in [0.1, 0.15) is 57.8 Å². The van der Waals surface area contributed by atoms with Gasteiger partial charge in [0, 0.05) is 27.2 Å². The molecular formula is C15H30O4. The molecule has 0 spiro atoms. The lowest BCUT2D eigenvalue weighted by Crippen LogP contribution is -2.13. The zero-order chi connectivity index (χ0) is 14.3. The van der Waals surface area contributed by atoms with Crippen LogP contribution < -0.4 is 0 Å². The molecular weight excluding hydrogens is 244 g/mol. The summed E-state index contributed by atoms with van der Waals surface area (Å²) in [6, 6.07) is 0. The second kappa shape index (κ2) is 13.8. The zero-order valence-electron chi connectivity index (χ0n) is 12.8. The Bertz CT molecular complexity index is 206. The number of methoxy groups -OCH3 is 3. The summed E-state index contributed by atoms with van der Waals surface area (Å²) in [5.41, 5.74) is 0. The van der Waals surface area contributed by atoms with Crippen molar-refractivity contribution in [2.75, 3.05) is 27.9 Å². The Morgan fingerprint density at radius 2 is 1.53 bits per heavy atom. The second-order valence-electron chi connectivity index (χ2n) is 4.88. The van der Waals surface area contributed by atoms with Crippen LogP contribution in [0, 0.1) is 0 Å². The normalized spacial score (nSPS) is 12.4. The Morgan fingerprint density at radius 3 is 2.11 bits per heavy atom. The molecule has 4 nitrogen and oxygen atoms in total. The topological polar surface area (TPSA) is 44.8 Å². The standard InChI is InChI=1S/C15H30O4/c1-17-13-12-14(18-2)10-8-6-4-5-7-9-11-15(16)19-3/h14H,4-13H2,1-3H3. The first-order valence-corrected chi connectivity index (χ1v) is 7.33. The van der Waals surface area contributed by atoms with Crippen LogP contribution in [0.5, 0.6) is 0 Å². The summed E-state index contributed by atoms with van der Waals surface area (Å²) in [6.45, 7) is 0.770. The van der Waals surface area contributed by atoms with Crippen LogP contribution in [0.25, 0.3) is 0 Å². The number of hydrogen-bond donors (Lipinski definition) is 0. The van der Waals surface area contributed by atoms with E-state index in [4.69, 9.17) is 9.47 Å². The van der Waals surface area contributed by atoms with E-state index in [0.717, 1.165) is 32.3 Å². The minimum Gasteiger partial charge on any atom is -0.469 e. The molecule has 114 valence electrons. The van der Waals surface area contributed by atoms with Crippen molar-refractivity contribution in [1.29, 1.82) is 0 Å². The maximum Gasteiger partial charge on any atom is 0.305 e. The van der Waals surface area contributed by atoms with Gasteiger partial charge in [0.1, 0.15) is 0 Å². The van der Waals surface area contributed by atoms with E-state index >= 15 is 0 Å². The van der Waals surface area contributed by atoms with Crippen LogP contribution in [0.4, 0.5) is 0 Å². The molecule has 0 aromatic heterocycles. The summed E-state index contributed by atoms with van der Waals surface area (Å²) in [6.07, 6.45) is 9.93. The number of carbonyl (C=O) groups excluding carboxylic acids is 1. The Balaban J connectivity index is 3.27. The summed E-state index contributed by atoms with van der Waals surface area (Å²) >= 11 is 0. The van der Waals surface area contributed by atoms with Gasteiger partial charge in [-0.15, -0.1) is 0 Å². The van der Waals surface area contributed by atoms with E-state index in [-0.39, 0.29) is 5.97 Å². The Labute approximate surface area is 117 Å². The molecule has 4 heteroatoms. The molecule has 0 aliphatic carbocycles. The lowest BCUT2D eigenvalue weighted by molar-refractivity contribution is -0.140. The molecule has 0 radical (unpaired) electrons. The van der Waals surface area contributed by atoms with Crippen molar-refractivity contribution >= 4 is 5.97 Å². The summed E-state index contributed by atoms with van der Waals surface area (Å²) in [4.78, 5) is 10.9. The van der Waals surface area contributed by atoms with Gasteiger partial charge in [0.25, 0.3) is 0 Å². The predicted molar refractivity (Wildman–Crippen MR) is 76.2 cm³/mol. The third kappa shape index (κ3) is 12.2. The van der Waals surface area contributed by atoms with Crippen molar-refractivity contribution in [3.05, 3.63) is 0 Å². The molecule has 0 N–H and O–H groups in total. The maximum atomic E-state index is 10.9. The van der Waals surface area contributed by atoms with E-state index in [1.165, 1.54) is 32.8 Å². The Morgan fingerprint density at radius 1 is 0.895 bits per heavy atom. The van der Waals surface area contributed by atoms with Crippen molar-refractivity contribution in [1.82, 2.24) is 0 Å². The van der Waals surface area contributed by atoms with Crippen molar-refractivity contribution in [2.24, 2.45) is 0 Å². The quantitative estimate of drug-likeness (QED) is 0.382. The minimum atomic E-state index is -0.0962. The molecule has 0 rings (SSSR count). The molecule has 0 aromatic rings. The highest BCUT2D eigenvalue weighted by molar-refractivity contribution is 5.68. The molecule has 1 unspecified atom stereocenters. The molecule has 0 saturated carbocycles. The summed E-state index contributed by atoms with van der Waals surface area (Å²) in [5, 5.41) is 0. The molecule has 0 heterocycles. The van der Waals surface area contributed by atoms with Gasteiger partial charge in [-0.3, -0.25) is 4.79 Å².